The molecule has 3 aromatic carbocycles. The van der Waals surface area contributed by atoms with E-state index in [9.17, 15) is 4.79 Å². The Hall–Kier alpha value is -3.40. The Labute approximate surface area is 164 Å². The predicted molar refractivity (Wildman–Crippen MR) is 112 cm³/mol. The Balaban J connectivity index is 1.62. The first-order valence-corrected chi connectivity index (χ1v) is 9.33. The van der Waals surface area contributed by atoms with Gasteiger partial charge in [-0.05, 0) is 67.3 Å². The van der Waals surface area contributed by atoms with Crippen LogP contribution in [-0.4, -0.2) is 10.9 Å². The molecule has 1 aromatic heterocycles. The van der Waals surface area contributed by atoms with E-state index in [0.717, 1.165) is 33.5 Å². The Morgan fingerprint density at radius 2 is 1.71 bits per heavy atom. The van der Waals surface area contributed by atoms with E-state index in [-0.39, 0.29) is 5.91 Å². The molecule has 0 saturated heterocycles. The van der Waals surface area contributed by atoms with Crippen LogP contribution in [0, 0.1) is 20.8 Å². The minimum atomic E-state index is -0.0461. The summed E-state index contributed by atoms with van der Waals surface area (Å²) in [7, 11) is 0. The topological polar surface area (TPSA) is 55.1 Å². The molecule has 1 amide bonds. The van der Waals surface area contributed by atoms with Gasteiger partial charge in [-0.15, -0.1) is 0 Å². The van der Waals surface area contributed by atoms with Crippen LogP contribution in [0.3, 0.4) is 0 Å². The number of fused-ring (bicyclic) bond motifs is 1. The highest BCUT2D eigenvalue weighted by atomic mass is 16.3. The molecule has 4 nitrogen and oxygen atoms in total. The number of benzene rings is 3. The molecule has 0 atom stereocenters. The summed E-state index contributed by atoms with van der Waals surface area (Å²) in [5.74, 6) is 0.520. The Bertz CT molecular complexity index is 1120. The third kappa shape index (κ3) is 3.54. The van der Waals surface area contributed by atoms with Crippen molar-refractivity contribution in [1.82, 2.24) is 4.98 Å². The molecule has 0 aliphatic heterocycles. The molecule has 0 aliphatic carbocycles. The fourth-order valence-electron chi connectivity index (χ4n) is 3.27. The highest BCUT2D eigenvalue weighted by Gasteiger charge is 2.15. The first-order chi connectivity index (χ1) is 13.5. The molecule has 4 rings (SSSR count). The van der Waals surface area contributed by atoms with E-state index in [4.69, 9.17) is 4.42 Å². The van der Waals surface area contributed by atoms with Crippen molar-refractivity contribution in [2.24, 2.45) is 0 Å². The maximum atomic E-state index is 12.4. The molecule has 4 heteroatoms. The summed E-state index contributed by atoms with van der Waals surface area (Å²) in [5, 5.41) is 3.01. The summed E-state index contributed by atoms with van der Waals surface area (Å²) in [4.78, 5) is 17.1. The van der Waals surface area contributed by atoms with Crippen molar-refractivity contribution < 1.29 is 9.21 Å². The van der Waals surface area contributed by atoms with Crippen molar-refractivity contribution in [3.63, 3.8) is 0 Å². The highest BCUT2D eigenvalue weighted by Crippen LogP contribution is 2.31. The number of carbonyl (C=O) groups excluding carboxylic acids is 1. The average molecular weight is 370 g/mol. The van der Waals surface area contributed by atoms with Crippen LogP contribution in [0.15, 0.2) is 65.1 Å². The summed E-state index contributed by atoms with van der Waals surface area (Å²) in [6.45, 7) is 6.10. The second kappa shape index (κ2) is 7.31. The van der Waals surface area contributed by atoms with Crippen molar-refractivity contribution in [2.45, 2.75) is 27.2 Å². The molecular weight excluding hydrogens is 348 g/mol. The zero-order valence-corrected chi connectivity index (χ0v) is 16.2. The van der Waals surface area contributed by atoms with Crippen LogP contribution in [0.4, 0.5) is 5.69 Å². The predicted octanol–water partition coefficient (Wildman–Crippen LogP) is 5.60. The zero-order chi connectivity index (χ0) is 19.7. The van der Waals surface area contributed by atoms with Crippen LogP contribution >= 0.6 is 0 Å². The van der Waals surface area contributed by atoms with Crippen LogP contribution in [0.25, 0.3) is 22.6 Å². The number of aromatic nitrogens is 1. The highest BCUT2D eigenvalue weighted by molar-refractivity contribution is 5.94. The molecule has 0 saturated carbocycles. The molecule has 28 heavy (non-hydrogen) atoms. The van der Waals surface area contributed by atoms with Gasteiger partial charge in [-0.1, -0.05) is 36.4 Å². The number of carbonyl (C=O) groups is 1. The normalized spacial score (nSPS) is 11.0. The summed E-state index contributed by atoms with van der Waals surface area (Å²) >= 11 is 0. The molecule has 0 unspecified atom stereocenters. The number of nitrogens with zero attached hydrogens (tertiary/aromatic N) is 1. The number of oxazole rings is 1. The van der Waals surface area contributed by atoms with Gasteiger partial charge < -0.3 is 9.73 Å². The summed E-state index contributed by atoms with van der Waals surface area (Å²) in [6.07, 6.45) is 0.339. The Morgan fingerprint density at radius 3 is 2.50 bits per heavy atom. The van der Waals surface area contributed by atoms with Crippen LogP contribution in [0.5, 0.6) is 0 Å². The second-order valence-electron chi connectivity index (χ2n) is 7.11. The van der Waals surface area contributed by atoms with Crippen molar-refractivity contribution in [1.29, 1.82) is 0 Å². The third-order valence-electron chi connectivity index (χ3n) is 5.05. The maximum absolute atomic E-state index is 12.4. The lowest BCUT2D eigenvalue weighted by Crippen LogP contribution is -2.15. The van der Waals surface area contributed by atoms with Crippen LogP contribution in [0.2, 0.25) is 0 Å². The summed E-state index contributed by atoms with van der Waals surface area (Å²) in [5.41, 5.74) is 7.55. The minimum Gasteiger partial charge on any atom is -0.436 e. The summed E-state index contributed by atoms with van der Waals surface area (Å²) < 4.78 is 6.00. The van der Waals surface area contributed by atoms with Gasteiger partial charge in [-0.3, -0.25) is 4.79 Å². The molecule has 140 valence electrons. The van der Waals surface area contributed by atoms with Gasteiger partial charge in [0.1, 0.15) is 5.52 Å². The number of hydrogen-bond acceptors (Lipinski definition) is 3. The Kier molecular flexibility index (Phi) is 4.70. The molecule has 0 spiro atoms. The largest absolute Gasteiger partial charge is 0.436 e. The first kappa shape index (κ1) is 18.0. The molecule has 0 radical (unpaired) electrons. The van der Waals surface area contributed by atoms with E-state index >= 15 is 0 Å². The molecular formula is C24H22N2O2. The van der Waals surface area contributed by atoms with Crippen molar-refractivity contribution in [3.05, 3.63) is 82.9 Å². The van der Waals surface area contributed by atoms with Crippen molar-refractivity contribution in [2.75, 3.05) is 5.32 Å². The number of rotatable bonds is 4. The average Bonchev–Trinajstić information content (AvgIpc) is 3.07. The fraction of sp³-hybridized carbons (Fsp3) is 0.167. The van der Waals surface area contributed by atoms with Crippen LogP contribution in [0.1, 0.15) is 22.3 Å². The molecule has 4 aromatic rings. The van der Waals surface area contributed by atoms with Crippen molar-refractivity contribution >= 4 is 22.7 Å². The maximum Gasteiger partial charge on any atom is 0.228 e. The van der Waals surface area contributed by atoms with Gasteiger partial charge in [0.25, 0.3) is 0 Å². The number of aryl methyl sites for hydroxylation is 2. The van der Waals surface area contributed by atoms with Gasteiger partial charge in [0.15, 0.2) is 5.58 Å². The van der Waals surface area contributed by atoms with Gasteiger partial charge in [0.05, 0.1) is 6.42 Å². The Morgan fingerprint density at radius 1 is 0.964 bits per heavy atom. The van der Waals surface area contributed by atoms with Gasteiger partial charge >= 0.3 is 0 Å². The van der Waals surface area contributed by atoms with Gasteiger partial charge in [-0.2, -0.15) is 0 Å². The lowest BCUT2D eigenvalue weighted by molar-refractivity contribution is -0.115. The van der Waals surface area contributed by atoms with E-state index in [0.29, 0.717) is 12.3 Å². The van der Waals surface area contributed by atoms with E-state index < -0.39 is 0 Å². The van der Waals surface area contributed by atoms with Gasteiger partial charge in [0.2, 0.25) is 11.8 Å². The second-order valence-corrected chi connectivity index (χ2v) is 7.11. The van der Waals surface area contributed by atoms with Crippen LogP contribution < -0.4 is 5.32 Å². The number of amides is 1. The molecule has 0 fully saturated rings. The third-order valence-corrected chi connectivity index (χ3v) is 5.05. The quantitative estimate of drug-likeness (QED) is 0.509. The number of hydrogen-bond donors (Lipinski definition) is 1. The minimum absolute atomic E-state index is 0.0461. The van der Waals surface area contributed by atoms with E-state index in [1.165, 1.54) is 11.1 Å². The molecule has 0 aliphatic rings. The first-order valence-electron chi connectivity index (χ1n) is 9.33. The lowest BCUT2D eigenvalue weighted by Gasteiger charge is -2.11. The van der Waals surface area contributed by atoms with Crippen molar-refractivity contribution in [3.8, 4) is 11.5 Å². The number of anilines is 1. The lowest BCUT2D eigenvalue weighted by atomic mass is 10.1. The standard InChI is InChI=1S/C24H22N2O2/c1-15-12-21-22(13-16(15)2)28-24(26-21)19-10-7-11-20(17(19)3)25-23(27)14-18-8-5-4-6-9-18/h4-13H,14H2,1-3H3,(H,25,27). The van der Waals surface area contributed by atoms with Gasteiger partial charge in [-0.25, -0.2) is 4.98 Å². The van der Waals surface area contributed by atoms with Crippen LogP contribution in [-0.2, 0) is 11.2 Å². The SMILES string of the molecule is Cc1cc2nc(-c3cccc(NC(=O)Cc4ccccc4)c3C)oc2cc1C. The molecule has 1 N–H and O–H groups in total. The number of nitrogens with one attached hydrogen (secondary N) is 1. The van der Waals surface area contributed by atoms with E-state index in [1.807, 2.05) is 67.6 Å². The van der Waals surface area contributed by atoms with E-state index in [1.54, 1.807) is 0 Å². The summed E-state index contributed by atoms with van der Waals surface area (Å²) in [6, 6.07) is 19.5. The molecule has 0 bridgehead atoms. The van der Waals surface area contributed by atoms with Gasteiger partial charge in [0, 0.05) is 11.3 Å². The smallest absolute Gasteiger partial charge is 0.228 e. The van der Waals surface area contributed by atoms with E-state index in [2.05, 4.69) is 24.1 Å². The zero-order valence-electron chi connectivity index (χ0n) is 16.2. The molecule has 1 heterocycles. The fourth-order valence-corrected chi connectivity index (χ4v) is 3.27. The monoisotopic (exact) mass is 370 g/mol.